The number of aromatic nitrogens is 1. The second kappa shape index (κ2) is 58.9. The maximum atomic E-state index is 14.6. The fourth-order valence-corrected chi connectivity index (χ4v) is 14.0. The molecule has 11 N–H and O–H groups in total. The molecule has 666 valence electrons. The largest absolute Gasteiger partial charge is 0.508 e. The number of aliphatic hydroxyl groups excluding tert-OH is 2. The Morgan fingerprint density at radius 2 is 0.966 bits per heavy atom. The van der Waals surface area contributed by atoms with E-state index in [4.69, 9.17) is 34.2 Å². The Hall–Kier alpha value is -8.96. The number of aliphatic hydroxyl groups is 2. The highest BCUT2D eigenvalue weighted by molar-refractivity contribution is 5.98. The van der Waals surface area contributed by atoms with Gasteiger partial charge in [-0.2, -0.15) is 0 Å². The summed E-state index contributed by atoms with van der Waals surface area (Å²) in [5.41, 5.74) is 7.30. The number of rotatable bonds is 40. The lowest BCUT2D eigenvalue weighted by Gasteiger charge is -2.30. The van der Waals surface area contributed by atoms with Crippen LogP contribution in [-0.4, -0.2) is 280 Å². The van der Waals surface area contributed by atoms with Crippen molar-refractivity contribution >= 4 is 93.0 Å². The average molecular weight is 1680 g/mol. The van der Waals surface area contributed by atoms with Crippen LogP contribution >= 0.6 is 0 Å². The summed E-state index contributed by atoms with van der Waals surface area (Å²) in [6.45, 7) is 11.6. The lowest BCUT2D eigenvalue weighted by Crippen LogP contribution is -2.60. The van der Waals surface area contributed by atoms with E-state index in [-0.39, 0.29) is 143 Å². The number of benzene rings is 2. The summed E-state index contributed by atoms with van der Waals surface area (Å²) in [4.78, 5) is 196. The van der Waals surface area contributed by atoms with E-state index in [0.29, 0.717) is 141 Å². The maximum absolute atomic E-state index is 14.6. The minimum absolute atomic E-state index is 0.0226. The number of nitrogens with zero attached hydrogens (tertiary/aromatic N) is 3. The van der Waals surface area contributed by atoms with Gasteiger partial charge in [0.05, 0.1) is 92.1 Å². The van der Waals surface area contributed by atoms with Crippen LogP contribution in [0.1, 0.15) is 187 Å². The number of phenols is 1. The average Bonchev–Trinajstić information content (AvgIpc) is 1.67. The van der Waals surface area contributed by atoms with Gasteiger partial charge in [-0.05, 0) is 126 Å². The zero-order valence-electron chi connectivity index (χ0n) is 71.0. The zero-order valence-corrected chi connectivity index (χ0v) is 71.0. The van der Waals surface area contributed by atoms with E-state index in [9.17, 15) is 82.4 Å². The summed E-state index contributed by atoms with van der Waals surface area (Å²) in [6, 6.07) is 5.44. The first-order valence-electron chi connectivity index (χ1n) is 42.2. The van der Waals surface area contributed by atoms with Crippen molar-refractivity contribution in [3.05, 3.63) is 65.9 Å². The molecule has 0 radical (unpaired) electrons. The first-order chi connectivity index (χ1) is 57.1. The Morgan fingerprint density at radius 3 is 1.50 bits per heavy atom. The molecule has 0 saturated carbocycles. The summed E-state index contributed by atoms with van der Waals surface area (Å²) < 4.78 is 31.9. The number of para-hydroxylation sites is 1. The van der Waals surface area contributed by atoms with Gasteiger partial charge in [0, 0.05) is 127 Å². The lowest BCUT2D eigenvalue weighted by molar-refractivity contribution is -0.140. The molecule has 33 nitrogen and oxygen atoms in total. The minimum atomic E-state index is -1.75. The van der Waals surface area contributed by atoms with Gasteiger partial charge >= 0.3 is 0 Å². The van der Waals surface area contributed by atoms with Crippen LogP contribution in [0, 0.1) is 23.7 Å². The topological polar surface area (TPSA) is 467 Å². The molecule has 0 aliphatic carbocycles. The number of ketones is 5. The molecule has 2 aliphatic rings. The van der Waals surface area contributed by atoms with Crippen LogP contribution < -0.4 is 32.3 Å². The standard InChI is InChI=1S/C59H87N9O16.C27H47NO7/c1-38(2)31-50-59(81)68(35-44(73)36-69)25-10-9-24-67(53(75)22-26-83-29-30-84-28-27-82-4)23-8-7-11-41(17-14-39(3)71)54(76)63-49(33-42-34-61-46-13-6-5-12-45(42)46)57(79)66-51(37-70)58(80)62-47(20-21-52(60)74)55(77)64-48(56(78)65-50)32-40-15-18-43(72)19-16-40;1-4-25(30)21-24-10-6-8-15-28(26(31)13-16-34-19-20-35-18-17-33-3)14-7-5-9-23(27(24)32)12-11-22(2)29/h5-6,12-13,15-16,18-19,34,38,41,47-51,61,69-70,72H,7-11,14,17,20-33,35-37H2,1-4H3,(H2,60,74)(H,62,80)(H,63,76)(H,64,77)(H,65,78)(H,66,79);23-24H,4-21H2,1-3H3/t41?,47-,48?,49-,50-,51?;/m0./s1. The number of fused-ring (bicyclic) bond motifs is 1. The van der Waals surface area contributed by atoms with Crippen LogP contribution in [0.3, 0.4) is 0 Å². The Kier molecular flexibility index (Phi) is 50.7. The number of nitrogens with two attached hydrogens (primary N) is 1. The number of methoxy groups -OCH3 is 2. The highest BCUT2D eigenvalue weighted by Gasteiger charge is 2.37. The molecule has 0 bridgehead atoms. The maximum Gasteiger partial charge on any atom is 0.245 e. The van der Waals surface area contributed by atoms with Gasteiger partial charge in [0.2, 0.25) is 53.2 Å². The molecule has 2 aromatic carbocycles. The number of hydrogen-bond donors (Lipinski definition) is 10. The number of ether oxygens (including phenoxy) is 6. The minimum Gasteiger partial charge on any atom is -0.508 e. The van der Waals surface area contributed by atoms with Crippen LogP contribution in [-0.2, 0) is 108 Å². The number of aromatic amines is 1. The first-order valence-corrected chi connectivity index (χ1v) is 42.2. The summed E-state index contributed by atoms with van der Waals surface area (Å²) in [6.07, 6.45) is 9.02. The van der Waals surface area contributed by atoms with Crippen LogP contribution in [0.5, 0.6) is 5.75 Å². The molecular formula is C86H134N10O23. The van der Waals surface area contributed by atoms with E-state index in [1.54, 1.807) is 38.3 Å². The van der Waals surface area contributed by atoms with Crippen molar-refractivity contribution in [3.8, 4) is 5.75 Å². The van der Waals surface area contributed by atoms with Crippen molar-refractivity contribution < 1.29 is 111 Å². The van der Waals surface area contributed by atoms with Gasteiger partial charge in [-0.1, -0.05) is 70.4 Å². The molecule has 0 spiro atoms. The molecule has 2 aliphatic heterocycles. The van der Waals surface area contributed by atoms with Crippen LogP contribution in [0.15, 0.2) is 54.7 Å². The number of carbonyl (C=O) groups is 14. The van der Waals surface area contributed by atoms with Gasteiger partial charge in [-0.3, -0.25) is 57.5 Å². The van der Waals surface area contributed by atoms with Crippen molar-refractivity contribution in [1.29, 1.82) is 0 Å². The van der Waals surface area contributed by atoms with Gasteiger partial charge in [0.25, 0.3) is 0 Å². The van der Waals surface area contributed by atoms with Crippen molar-refractivity contribution in [2.45, 2.75) is 219 Å². The summed E-state index contributed by atoms with van der Waals surface area (Å²) in [5.74, 6) is -8.16. The third kappa shape index (κ3) is 41.2. The molecule has 3 heterocycles. The molecule has 119 heavy (non-hydrogen) atoms. The number of aromatic hydroxyl groups is 1. The molecule has 5 unspecified atom stereocenters. The fourth-order valence-electron chi connectivity index (χ4n) is 14.0. The van der Waals surface area contributed by atoms with Crippen molar-refractivity contribution in [2.75, 3.05) is 133 Å². The fraction of sp³-hybridized carbons (Fsp3) is 0.674. The molecule has 2 saturated heterocycles. The van der Waals surface area contributed by atoms with Gasteiger partial charge in [0.1, 0.15) is 65.7 Å². The van der Waals surface area contributed by atoms with Crippen LogP contribution in [0.2, 0.25) is 0 Å². The second-order valence-electron chi connectivity index (χ2n) is 31.0. The van der Waals surface area contributed by atoms with Gasteiger partial charge in [-0.25, -0.2) is 0 Å². The predicted molar refractivity (Wildman–Crippen MR) is 443 cm³/mol. The molecule has 33 heteroatoms. The van der Waals surface area contributed by atoms with Crippen LogP contribution in [0.25, 0.3) is 10.9 Å². The van der Waals surface area contributed by atoms with E-state index in [2.05, 4.69) is 31.6 Å². The van der Waals surface area contributed by atoms with Crippen molar-refractivity contribution in [3.63, 3.8) is 0 Å². The Balaban J connectivity index is 0.000000708. The molecule has 2 fully saturated rings. The number of primary amides is 1. The summed E-state index contributed by atoms with van der Waals surface area (Å²) >= 11 is 0. The third-order valence-electron chi connectivity index (χ3n) is 20.8. The number of H-pyrrole nitrogens is 1. The number of amides is 9. The quantitative estimate of drug-likeness (QED) is 0.0353. The van der Waals surface area contributed by atoms with E-state index < -0.39 is 116 Å². The predicted octanol–water partition coefficient (Wildman–Crippen LogP) is 4.40. The van der Waals surface area contributed by atoms with E-state index in [0.717, 1.165) is 36.6 Å². The summed E-state index contributed by atoms with van der Waals surface area (Å²) in [7, 11) is 3.19. The number of hydrogen-bond acceptors (Lipinski definition) is 23. The molecule has 3 aromatic rings. The van der Waals surface area contributed by atoms with Crippen molar-refractivity contribution in [2.24, 2.45) is 29.4 Å². The number of carbonyl (C=O) groups excluding carboxylic acids is 14. The van der Waals surface area contributed by atoms with Crippen molar-refractivity contribution in [1.82, 2.24) is 46.3 Å². The lowest BCUT2D eigenvalue weighted by atomic mass is 9.80. The van der Waals surface area contributed by atoms with E-state index >= 15 is 0 Å². The third-order valence-corrected chi connectivity index (χ3v) is 20.8. The Morgan fingerprint density at radius 1 is 0.504 bits per heavy atom. The smallest absolute Gasteiger partial charge is 0.245 e. The monoisotopic (exact) mass is 1670 g/mol. The number of nitrogens with one attached hydrogen (secondary N) is 6. The first kappa shape index (κ1) is 102. The molecule has 5 rings (SSSR count). The van der Waals surface area contributed by atoms with Gasteiger partial charge in [-0.15, -0.1) is 0 Å². The Labute approximate surface area is 699 Å². The highest BCUT2D eigenvalue weighted by Crippen LogP contribution is 2.28. The molecule has 1 aromatic heterocycles. The van der Waals surface area contributed by atoms with Crippen LogP contribution in [0.4, 0.5) is 0 Å². The normalized spacial score (nSPS) is 20.6. The second-order valence-corrected chi connectivity index (χ2v) is 31.0. The number of Topliss-reactive ketones (excluding diaryl/α,β-unsaturated/α-hetero) is 5. The van der Waals surface area contributed by atoms with Gasteiger partial charge < -0.3 is 105 Å². The zero-order chi connectivity index (χ0) is 87.4. The SMILES string of the molecule is CCC(=O)CC1CCCCN(C(=O)CCOCCOCCOC)CCCCC(CCC(C)=O)C1=O.COCCOCCOCCC(=O)N1CCCCC(CCC(C)=O)C(=O)N[C@@H](Cc2c[nH]c3ccccc23)C(=O)NC(CO)C(=O)N[C@@H](CCC(N)=O)C(=O)NC(Cc2ccc(O)cc2)C(=O)N[C@@H](CC(C)C)C(=O)N(CC(=O)CO)CCCC1. The highest BCUT2D eigenvalue weighted by atomic mass is 16.5. The Bertz CT molecular complexity index is 3630. The number of phenolic OH excluding ortho intramolecular Hbond substituents is 1. The van der Waals surface area contributed by atoms with E-state index in [1.807, 2.05) is 43.9 Å². The molecule has 9 amide bonds. The van der Waals surface area contributed by atoms with E-state index in [1.165, 1.54) is 36.1 Å². The van der Waals surface area contributed by atoms with Gasteiger partial charge in [0.15, 0.2) is 5.78 Å². The molecule has 8 atom stereocenters. The molecular weight excluding hydrogens is 1540 g/mol. The summed E-state index contributed by atoms with van der Waals surface area (Å²) in [5, 5.41) is 44.5.